The van der Waals surface area contributed by atoms with Crippen molar-refractivity contribution in [1.29, 1.82) is 5.26 Å². The molecular formula is C16H18N4O2. The van der Waals surface area contributed by atoms with E-state index in [0.29, 0.717) is 12.2 Å². The molecule has 1 aliphatic heterocycles. The monoisotopic (exact) mass is 298 g/mol. The Bertz CT molecular complexity index is 685. The smallest absolute Gasteiger partial charge is 0.139 e. The second kappa shape index (κ2) is 6.16. The molecule has 6 nitrogen and oxygen atoms in total. The van der Waals surface area contributed by atoms with E-state index in [1.807, 2.05) is 19.9 Å². The summed E-state index contributed by atoms with van der Waals surface area (Å²) in [6.45, 7) is 6.00. The van der Waals surface area contributed by atoms with Gasteiger partial charge in [0.1, 0.15) is 11.8 Å². The SMILES string of the molecule is Cc1noc(C)c1COC1CCN(c2ccncc2C#N)C1. The van der Waals surface area contributed by atoms with Crippen LogP contribution in [-0.2, 0) is 11.3 Å². The van der Waals surface area contributed by atoms with Gasteiger partial charge in [-0.15, -0.1) is 0 Å². The minimum Gasteiger partial charge on any atom is -0.371 e. The quantitative estimate of drug-likeness (QED) is 0.862. The van der Waals surface area contributed by atoms with Crippen molar-refractivity contribution in [1.82, 2.24) is 10.1 Å². The lowest BCUT2D eigenvalue weighted by atomic mass is 10.2. The van der Waals surface area contributed by atoms with Crippen LogP contribution >= 0.6 is 0 Å². The Morgan fingerprint density at radius 1 is 1.50 bits per heavy atom. The van der Waals surface area contributed by atoms with Gasteiger partial charge in [-0.1, -0.05) is 5.16 Å². The first-order chi connectivity index (χ1) is 10.7. The molecule has 6 heteroatoms. The molecule has 1 fully saturated rings. The minimum absolute atomic E-state index is 0.147. The Labute approximate surface area is 129 Å². The van der Waals surface area contributed by atoms with Crippen LogP contribution in [0, 0.1) is 25.2 Å². The highest BCUT2D eigenvalue weighted by atomic mass is 16.5. The number of rotatable bonds is 4. The van der Waals surface area contributed by atoms with Crippen LogP contribution in [0.1, 0.15) is 29.0 Å². The predicted octanol–water partition coefficient (Wildman–Crippen LogP) is 2.35. The molecule has 0 amide bonds. The minimum atomic E-state index is 0.147. The Morgan fingerprint density at radius 3 is 3.09 bits per heavy atom. The second-order valence-electron chi connectivity index (χ2n) is 5.48. The summed E-state index contributed by atoms with van der Waals surface area (Å²) in [7, 11) is 0. The third-order valence-electron chi connectivity index (χ3n) is 4.05. The summed E-state index contributed by atoms with van der Waals surface area (Å²) >= 11 is 0. The van der Waals surface area contributed by atoms with Crippen LogP contribution in [0.25, 0.3) is 0 Å². The highest BCUT2D eigenvalue weighted by molar-refractivity contribution is 5.58. The third-order valence-corrected chi connectivity index (χ3v) is 4.05. The van der Waals surface area contributed by atoms with Crippen LogP contribution in [0.2, 0.25) is 0 Å². The van der Waals surface area contributed by atoms with Gasteiger partial charge in [-0.05, 0) is 26.3 Å². The summed E-state index contributed by atoms with van der Waals surface area (Å²) in [5.74, 6) is 0.813. The molecule has 0 spiro atoms. The topological polar surface area (TPSA) is 75.2 Å². The normalized spacial score (nSPS) is 17.7. The standard InChI is InChI=1S/C16H18N4O2/c1-11-15(12(2)22-19-11)10-21-14-4-6-20(9-14)16-3-5-18-8-13(16)7-17/h3,5,8,14H,4,6,9-10H2,1-2H3. The second-order valence-corrected chi connectivity index (χ2v) is 5.48. The zero-order valence-corrected chi connectivity index (χ0v) is 12.7. The number of ether oxygens (including phenoxy) is 1. The van der Waals surface area contributed by atoms with E-state index in [-0.39, 0.29) is 6.10 Å². The van der Waals surface area contributed by atoms with Gasteiger partial charge < -0.3 is 14.2 Å². The van der Waals surface area contributed by atoms with E-state index in [0.717, 1.165) is 42.2 Å². The van der Waals surface area contributed by atoms with Gasteiger partial charge in [0.05, 0.1) is 29.7 Å². The number of pyridine rings is 1. The maximum Gasteiger partial charge on any atom is 0.139 e. The van der Waals surface area contributed by atoms with E-state index in [2.05, 4.69) is 21.1 Å². The first-order valence-corrected chi connectivity index (χ1v) is 7.31. The molecule has 0 aliphatic carbocycles. The number of aromatic nitrogens is 2. The Kier molecular flexibility index (Phi) is 4.07. The number of hydrogen-bond acceptors (Lipinski definition) is 6. The van der Waals surface area contributed by atoms with Crippen LogP contribution in [0.5, 0.6) is 0 Å². The molecule has 0 N–H and O–H groups in total. The van der Waals surface area contributed by atoms with E-state index in [9.17, 15) is 0 Å². The first kappa shape index (κ1) is 14.5. The molecule has 1 atom stereocenters. The predicted molar refractivity (Wildman–Crippen MR) is 80.3 cm³/mol. The zero-order valence-electron chi connectivity index (χ0n) is 12.7. The maximum atomic E-state index is 9.17. The van der Waals surface area contributed by atoms with Crippen LogP contribution in [0.4, 0.5) is 5.69 Å². The van der Waals surface area contributed by atoms with Gasteiger partial charge in [-0.3, -0.25) is 4.98 Å². The van der Waals surface area contributed by atoms with Gasteiger partial charge in [0.2, 0.25) is 0 Å². The molecule has 114 valence electrons. The first-order valence-electron chi connectivity index (χ1n) is 7.31. The zero-order chi connectivity index (χ0) is 15.5. The Balaban J connectivity index is 1.62. The molecule has 1 aliphatic rings. The largest absolute Gasteiger partial charge is 0.371 e. The average Bonchev–Trinajstić information content (AvgIpc) is 3.13. The van der Waals surface area contributed by atoms with Crippen LogP contribution in [0.3, 0.4) is 0 Å². The molecule has 1 saturated heterocycles. The number of hydrogen-bond donors (Lipinski definition) is 0. The van der Waals surface area contributed by atoms with E-state index in [1.54, 1.807) is 12.4 Å². The van der Waals surface area contributed by atoms with Gasteiger partial charge in [0.25, 0.3) is 0 Å². The number of nitrogens with zero attached hydrogens (tertiary/aromatic N) is 4. The molecule has 3 heterocycles. The van der Waals surface area contributed by atoms with Crippen LogP contribution < -0.4 is 4.90 Å². The van der Waals surface area contributed by atoms with Crippen molar-refractivity contribution in [3.05, 3.63) is 41.0 Å². The lowest BCUT2D eigenvalue weighted by Gasteiger charge is -2.19. The van der Waals surface area contributed by atoms with E-state index >= 15 is 0 Å². The summed E-state index contributed by atoms with van der Waals surface area (Å²) in [6.07, 6.45) is 4.41. The maximum absolute atomic E-state index is 9.17. The fraction of sp³-hybridized carbons (Fsp3) is 0.438. The number of anilines is 1. The molecule has 0 aromatic carbocycles. The molecular weight excluding hydrogens is 280 g/mol. The fourth-order valence-corrected chi connectivity index (χ4v) is 2.74. The van der Waals surface area contributed by atoms with Crippen molar-refractivity contribution < 1.29 is 9.26 Å². The lowest BCUT2D eigenvalue weighted by Crippen LogP contribution is -2.23. The summed E-state index contributed by atoms with van der Waals surface area (Å²) in [5.41, 5.74) is 3.45. The van der Waals surface area contributed by atoms with Gasteiger partial charge in [-0.2, -0.15) is 5.26 Å². The van der Waals surface area contributed by atoms with E-state index in [1.165, 1.54) is 0 Å². The number of nitriles is 1. The number of aryl methyl sites for hydroxylation is 2. The van der Waals surface area contributed by atoms with Crippen LogP contribution in [0.15, 0.2) is 23.0 Å². The van der Waals surface area contributed by atoms with E-state index in [4.69, 9.17) is 14.5 Å². The van der Waals surface area contributed by atoms with Gasteiger partial charge in [0, 0.05) is 31.0 Å². The van der Waals surface area contributed by atoms with Gasteiger partial charge in [-0.25, -0.2) is 0 Å². The third kappa shape index (κ3) is 2.81. The summed E-state index contributed by atoms with van der Waals surface area (Å²) in [4.78, 5) is 6.18. The molecule has 0 saturated carbocycles. The summed E-state index contributed by atoms with van der Waals surface area (Å²) < 4.78 is 11.1. The van der Waals surface area contributed by atoms with Crippen LogP contribution in [-0.4, -0.2) is 29.3 Å². The van der Waals surface area contributed by atoms with Crippen molar-refractivity contribution >= 4 is 5.69 Å². The Morgan fingerprint density at radius 2 is 2.36 bits per heavy atom. The molecule has 2 aromatic rings. The molecule has 22 heavy (non-hydrogen) atoms. The van der Waals surface area contributed by atoms with Crippen molar-refractivity contribution in [3.63, 3.8) is 0 Å². The Hall–Kier alpha value is -2.39. The molecule has 3 rings (SSSR count). The molecule has 1 unspecified atom stereocenters. The average molecular weight is 298 g/mol. The lowest BCUT2D eigenvalue weighted by molar-refractivity contribution is 0.0544. The highest BCUT2D eigenvalue weighted by Gasteiger charge is 2.25. The van der Waals surface area contributed by atoms with Crippen molar-refractivity contribution in [3.8, 4) is 6.07 Å². The summed E-state index contributed by atoms with van der Waals surface area (Å²) in [6, 6.07) is 4.08. The van der Waals surface area contributed by atoms with Gasteiger partial charge in [0.15, 0.2) is 0 Å². The molecule has 2 aromatic heterocycles. The molecule has 0 bridgehead atoms. The summed E-state index contributed by atoms with van der Waals surface area (Å²) in [5, 5.41) is 13.1. The fourth-order valence-electron chi connectivity index (χ4n) is 2.74. The van der Waals surface area contributed by atoms with Crippen molar-refractivity contribution in [2.24, 2.45) is 0 Å². The van der Waals surface area contributed by atoms with Crippen molar-refractivity contribution in [2.45, 2.75) is 33.0 Å². The van der Waals surface area contributed by atoms with Gasteiger partial charge >= 0.3 is 0 Å². The van der Waals surface area contributed by atoms with Crippen molar-refractivity contribution in [2.75, 3.05) is 18.0 Å². The molecule has 0 radical (unpaired) electrons. The van der Waals surface area contributed by atoms with E-state index < -0.39 is 0 Å². The highest BCUT2D eigenvalue weighted by Crippen LogP contribution is 2.25.